The van der Waals surface area contributed by atoms with Crippen LogP contribution >= 0.6 is 11.3 Å². The van der Waals surface area contributed by atoms with Gasteiger partial charge in [0.25, 0.3) is 5.91 Å². The second-order valence-electron chi connectivity index (χ2n) is 4.12. The number of anilines is 1. The lowest BCUT2D eigenvalue weighted by Crippen LogP contribution is -2.29. The Morgan fingerprint density at radius 3 is 2.94 bits per heavy atom. The first kappa shape index (κ1) is 12.6. The number of nitrogens with zero attached hydrogens (tertiary/aromatic N) is 3. The number of aromatic nitrogens is 3. The Labute approximate surface area is 109 Å². The number of carbonyl (C=O) groups is 1. The van der Waals surface area contributed by atoms with Crippen LogP contribution in [0, 0.1) is 6.92 Å². The van der Waals surface area contributed by atoms with Gasteiger partial charge in [-0.3, -0.25) is 9.48 Å². The minimum Gasteiger partial charge on any atom is -0.375 e. The van der Waals surface area contributed by atoms with Crippen molar-refractivity contribution >= 4 is 22.4 Å². The van der Waals surface area contributed by atoms with Gasteiger partial charge >= 0.3 is 0 Å². The van der Waals surface area contributed by atoms with E-state index in [1.165, 1.54) is 17.5 Å². The molecule has 0 saturated heterocycles. The highest BCUT2D eigenvalue weighted by molar-refractivity contribution is 7.17. The summed E-state index contributed by atoms with van der Waals surface area (Å²) in [6, 6.07) is 0.105. The molecule has 1 amide bonds. The molecular formula is C11H15N5OS. The van der Waals surface area contributed by atoms with Gasteiger partial charge in [-0.25, -0.2) is 4.98 Å². The number of nitrogens with two attached hydrogens (primary N) is 1. The molecule has 0 saturated carbocycles. The molecule has 2 aromatic rings. The average Bonchev–Trinajstić information content (AvgIpc) is 2.94. The van der Waals surface area contributed by atoms with Gasteiger partial charge < -0.3 is 11.1 Å². The van der Waals surface area contributed by atoms with Gasteiger partial charge in [-0.2, -0.15) is 5.10 Å². The Kier molecular flexibility index (Phi) is 3.61. The van der Waals surface area contributed by atoms with Crippen LogP contribution in [0.2, 0.25) is 0 Å². The lowest BCUT2D eigenvalue weighted by atomic mass is 10.3. The van der Waals surface area contributed by atoms with E-state index in [0.29, 0.717) is 16.6 Å². The predicted octanol–water partition coefficient (Wildman–Crippen LogP) is 1.22. The van der Waals surface area contributed by atoms with Gasteiger partial charge in [0.2, 0.25) is 0 Å². The molecule has 1 atom stereocenters. The molecule has 7 heteroatoms. The van der Waals surface area contributed by atoms with Gasteiger partial charge in [0.1, 0.15) is 4.88 Å². The standard InChI is InChI=1S/C11H15N5OS/c1-7-3-15-16(6-7)8(2)4-13-10(17)9-5-14-11(12)18-9/h3,5-6,8H,4H2,1-2H3,(H2,12,14)(H,13,17)/t8-/m1/s1. The third-order valence-electron chi connectivity index (χ3n) is 2.49. The number of hydrogen-bond donors (Lipinski definition) is 2. The zero-order valence-electron chi connectivity index (χ0n) is 10.3. The summed E-state index contributed by atoms with van der Waals surface area (Å²) in [5.74, 6) is -0.153. The Hall–Kier alpha value is -1.89. The summed E-state index contributed by atoms with van der Waals surface area (Å²) in [5.41, 5.74) is 6.58. The highest BCUT2D eigenvalue weighted by atomic mass is 32.1. The highest BCUT2D eigenvalue weighted by Crippen LogP contribution is 2.14. The molecule has 0 radical (unpaired) electrons. The molecule has 6 nitrogen and oxygen atoms in total. The zero-order chi connectivity index (χ0) is 13.1. The minimum atomic E-state index is -0.153. The van der Waals surface area contributed by atoms with Crippen LogP contribution in [0.15, 0.2) is 18.6 Å². The molecule has 0 bridgehead atoms. The van der Waals surface area contributed by atoms with Crippen LogP contribution in [-0.4, -0.2) is 27.2 Å². The topological polar surface area (TPSA) is 85.8 Å². The van der Waals surface area contributed by atoms with Crippen LogP contribution in [0.25, 0.3) is 0 Å². The van der Waals surface area contributed by atoms with E-state index in [1.54, 1.807) is 6.20 Å². The van der Waals surface area contributed by atoms with Crippen LogP contribution in [0.1, 0.15) is 28.2 Å². The third-order valence-corrected chi connectivity index (χ3v) is 3.31. The Morgan fingerprint density at radius 2 is 2.39 bits per heavy atom. The molecule has 0 aliphatic rings. The first-order valence-electron chi connectivity index (χ1n) is 5.56. The Bertz CT molecular complexity index is 547. The Balaban J connectivity index is 1.90. The van der Waals surface area contributed by atoms with Crippen molar-refractivity contribution in [3.63, 3.8) is 0 Å². The van der Waals surface area contributed by atoms with E-state index in [1.807, 2.05) is 24.7 Å². The SMILES string of the molecule is Cc1cnn([C@H](C)CNC(=O)c2cnc(N)s2)c1. The monoisotopic (exact) mass is 265 g/mol. The van der Waals surface area contributed by atoms with Gasteiger partial charge in [0.05, 0.1) is 18.4 Å². The van der Waals surface area contributed by atoms with E-state index in [0.717, 1.165) is 5.56 Å². The normalized spacial score (nSPS) is 12.3. The zero-order valence-corrected chi connectivity index (χ0v) is 11.1. The van der Waals surface area contributed by atoms with E-state index in [9.17, 15) is 4.79 Å². The highest BCUT2D eigenvalue weighted by Gasteiger charge is 2.11. The maximum absolute atomic E-state index is 11.8. The summed E-state index contributed by atoms with van der Waals surface area (Å²) >= 11 is 1.18. The van der Waals surface area contributed by atoms with Gasteiger partial charge in [-0.05, 0) is 19.4 Å². The first-order valence-corrected chi connectivity index (χ1v) is 6.38. The first-order chi connectivity index (χ1) is 8.56. The van der Waals surface area contributed by atoms with E-state index < -0.39 is 0 Å². The van der Waals surface area contributed by atoms with Crippen molar-refractivity contribution < 1.29 is 4.79 Å². The smallest absolute Gasteiger partial charge is 0.263 e. The quantitative estimate of drug-likeness (QED) is 0.870. The van der Waals surface area contributed by atoms with Crippen molar-refractivity contribution in [2.45, 2.75) is 19.9 Å². The van der Waals surface area contributed by atoms with Gasteiger partial charge in [0, 0.05) is 12.7 Å². The van der Waals surface area contributed by atoms with E-state index >= 15 is 0 Å². The number of thiazole rings is 1. The molecule has 2 aromatic heterocycles. The molecule has 0 fully saturated rings. The second kappa shape index (κ2) is 5.18. The summed E-state index contributed by atoms with van der Waals surface area (Å²) in [6.07, 6.45) is 5.22. The van der Waals surface area contributed by atoms with Crippen LogP contribution < -0.4 is 11.1 Å². The lowest BCUT2D eigenvalue weighted by Gasteiger charge is -2.12. The summed E-state index contributed by atoms with van der Waals surface area (Å²) in [7, 11) is 0. The number of hydrogen-bond acceptors (Lipinski definition) is 5. The number of rotatable bonds is 4. The van der Waals surface area contributed by atoms with Crippen LogP contribution in [0.5, 0.6) is 0 Å². The molecule has 0 aliphatic heterocycles. The van der Waals surface area contributed by atoms with Crippen molar-refractivity contribution in [1.82, 2.24) is 20.1 Å². The van der Waals surface area contributed by atoms with E-state index in [-0.39, 0.29) is 11.9 Å². The van der Waals surface area contributed by atoms with Crippen molar-refractivity contribution in [2.24, 2.45) is 0 Å². The summed E-state index contributed by atoms with van der Waals surface area (Å²) in [6.45, 7) is 4.49. The molecule has 0 unspecified atom stereocenters. The second-order valence-corrected chi connectivity index (χ2v) is 5.18. The van der Waals surface area contributed by atoms with Gasteiger partial charge in [-0.15, -0.1) is 0 Å². The number of carbonyl (C=O) groups excluding carboxylic acids is 1. The molecule has 0 aromatic carbocycles. The molecule has 18 heavy (non-hydrogen) atoms. The van der Waals surface area contributed by atoms with Crippen LogP contribution in [-0.2, 0) is 0 Å². The number of amides is 1. The maximum Gasteiger partial charge on any atom is 0.263 e. The molecular weight excluding hydrogens is 250 g/mol. The summed E-state index contributed by atoms with van der Waals surface area (Å²) in [5, 5.41) is 7.44. The lowest BCUT2D eigenvalue weighted by molar-refractivity contribution is 0.0952. The third kappa shape index (κ3) is 2.86. The fourth-order valence-corrected chi connectivity index (χ4v) is 2.09. The average molecular weight is 265 g/mol. The summed E-state index contributed by atoms with van der Waals surface area (Å²) < 4.78 is 1.83. The van der Waals surface area contributed by atoms with E-state index in [4.69, 9.17) is 5.73 Å². The molecule has 96 valence electrons. The maximum atomic E-state index is 11.8. The molecule has 2 heterocycles. The predicted molar refractivity (Wildman–Crippen MR) is 70.5 cm³/mol. The van der Waals surface area contributed by atoms with Crippen molar-refractivity contribution in [3.05, 3.63) is 29.0 Å². The molecule has 2 rings (SSSR count). The van der Waals surface area contributed by atoms with Crippen LogP contribution in [0.4, 0.5) is 5.13 Å². The largest absolute Gasteiger partial charge is 0.375 e. The number of aryl methyl sites for hydroxylation is 1. The fourth-order valence-electron chi connectivity index (χ4n) is 1.49. The van der Waals surface area contributed by atoms with Crippen molar-refractivity contribution in [3.8, 4) is 0 Å². The molecule has 0 spiro atoms. The molecule has 3 N–H and O–H groups in total. The van der Waals surface area contributed by atoms with Crippen molar-refractivity contribution in [2.75, 3.05) is 12.3 Å². The van der Waals surface area contributed by atoms with Crippen LogP contribution in [0.3, 0.4) is 0 Å². The number of nitrogens with one attached hydrogen (secondary N) is 1. The van der Waals surface area contributed by atoms with E-state index in [2.05, 4.69) is 15.4 Å². The number of nitrogen functional groups attached to an aromatic ring is 1. The Morgan fingerprint density at radius 1 is 1.61 bits per heavy atom. The van der Waals surface area contributed by atoms with Gasteiger partial charge in [-0.1, -0.05) is 11.3 Å². The van der Waals surface area contributed by atoms with Crippen molar-refractivity contribution in [1.29, 1.82) is 0 Å². The minimum absolute atomic E-state index is 0.105. The fraction of sp³-hybridized carbons (Fsp3) is 0.364. The van der Waals surface area contributed by atoms with Gasteiger partial charge in [0.15, 0.2) is 5.13 Å². The summed E-state index contributed by atoms with van der Waals surface area (Å²) in [4.78, 5) is 16.1. The molecule has 0 aliphatic carbocycles.